The van der Waals surface area contributed by atoms with Crippen LogP contribution in [0.1, 0.15) is 54.0 Å². The zero-order chi connectivity index (χ0) is 23.8. The normalized spacial score (nSPS) is 14.1. The van der Waals surface area contributed by atoms with Crippen LogP contribution in [-0.2, 0) is 13.0 Å². The van der Waals surface area contributed by atoms with E-state index < -0.39 is 0 Å². The summed E-state index contributed by atoms with van der Waals surface area (Å²) in [5, 5.41) is 1.39. The smallest absolute Gasteiger partial charge is 0.340 e. The zero-order valence-electron chi connectivity index (χ0n) is 19.7. The first-order valence-corrected chi connectivity index (χ1v) is 12.1. The molecule has 1 aliphatic rings. The van der Waals surface area contributed by atoms with Crippen LogP contribution in [0.5, 0.6) is 5.75 Å². The van der Waals surface area contributed by atoms with Gasteiger partial charge in [0.2, 0.25) is 0 Å². The molecule has 0 bridgehead atoms. The lowest BCUT2D eigenvalue weighted by atomic mass is 9.97. The van der Waals surface area contributed by atoms with E-state index >= 15 is 0 Å². The van der Waals surface area contributed by atoms with Gasteiger partial charge in [0.15, 0.2) is 6.73 Å². The number of fused-ring (bicyclic) bond motifs is 3. The Morgan fingerprint density at radius 1 is 1.09 bits per heavy atom. The van der Waals surface area contributed by atoms with Gasteiger partial charge in [-0.05, 0) is 54.2 Å². The maximum Gasteiger partial charge on any atom is 0.340 e. The number of benzene rings is 3. The Labute approximate surface area is 204 Å². The fraction of sp³-hybridized carbons (Fsp3) is 0.276. The molecule has 1 atom stereocenters. The number of ether oxygens (including phenoxy) is 1. The lowest BCUT2D eigenvalue weighted by Gasteiger charge is -2.32. The Balaban J connectivity index is 1.54. The van der Waals surface area contributed by atoms with Crippen LogP contribution in [0.2, 0.25) is 5.02 Å². The third-order valence-corrected chi connectivity index (χ3v) is 7.24. The summed E-state index contributed by atoms with van der Waals surface area (Å²) in [6.45, 7) is 7.34. The van der Waals surface area contributed by atoms with Gasteiger partial charge in [-0.3, -0.25) is 0 Å². The van der Waals surface area contributed by atoms with Crippen LogP contribution in [-0.4, -0.2) is 6.73 Å². The van der Waals surface area contributed by atoms with E-state index in [1.807, 2.05) is 43.3 Å². The van der Waals surface area contributed by atoms with Crippen molar-refractivity contribution < 1.29 is 9.15 Å². The molecule has 5 rings (SSSR count). The lowest BCUT2D eigenvalue weighted by Crippen LogP contribution is -2.32. The van der Waals surface area contributed by atoms with E-state index in [9.17, 15) is 4.79 Å². The quantitative estimate of drug-likeness (QED) is 0.287. The van der Waals surface area contributed by atoms with Crippen molar-refractivity contribution in [1.82, 2.24) is 0 Å². The van der Waals surface area contributed by atoms with Gasteiger partial charge in [-0.1, -0.05) is 67.9 Å². The SMILES string of the molecule is CCC(C)c1ccc(N2COc3c(Cl)cc4c(C)c(Cc5ccccc5)c(=O)oc4c3C2)cc1. The molecule has 1 aromatic heterocycles. The van der Waals surface area contributed by atoms with Crippen molar-refractivity contribution in [3.05, 3.63) is 104 Å². The van der Waals surface area contributed by atoms with Gasteiger partial charge in [0.25, 0.3) is 0 Å². The molecule has 0 aliphatic carbocycles. The molecule has 174 valence electrons. The van der Waals surface area contributed by atoms with Crippen LogP contribution in [0.15, 0.2) is 69.9 Å². The fourth-order valence-electron chi connectivity index (χ4n) is 4.63. The number of nitrogens with zero attached hydrogens (tertiary/aromatic N) is 1. The second-order valence-electron chi connectivity index (χ2n) is 9.07. The average molecular weight is 474 g/mol. The van der Waals surface area contributed by atoms with E-state index in [-0.39, 0.29) is 5.63 Å². The molecule has 0 radical (unpaired) electrons. The number of aryl methyl sites for hydroxylation is 1. The van der Waals surface area contributed by atoms with Crippen LogP contribution in [0.4, 0.5) is 5.69 Å². The number of halogens is 1. The molecule has 5 heteroatoms. The predicted molar refractivity (Wildman–Crippen MR) is 138 cm³/mol. The zero-order valence-corrected chi connectivity index (χ0v) is 20.5. The van der Waals surface area contributed by atoms with Crippen molar-refractivity contribution in [2.24, 2.45) is 0 Å². The van der Waals surface area contributed by atoms with Gasteiger partial charge in [-0.25, -0.2) is 4.79 Å². The second-order valence-corrected chi connectivity index (χ2v) is 9.48. The number of anilines is 1. The molecule has 0 N–H and O–H groups in total. The minimum Gasteiger partial charge on any atom is -0.471 e. The van der Waals surface area contributed by atoms with Crippen molar-refractivity contribution >= 4 is 28.3 Å². The highest BCUT2D eigenvalue weighted by Gasteiger charge is 2.26. The molecular formula is C29H28ClNO3. The summed E-state index contributed by atoms with van der Waals surface area (Å²) in [5.74, 6) is 1.12. The first kappa shape index (κ1) is 22.5. The van der Waals surface area contributed by atoms with Gasteiger partial charge in [-0.2, -0.15) is 0 Å². The predicted octanol–water partition coefficient (Wildman–Crippen LogP) is 7.22. The van der Waals surface area contributed by atoms with Gasteiger partial charge < -0.3 is 14.1 Å². The summed E-state index contributed by atoms with van der Waals surface area (Å²) in [7, 11) is 0. The fourth-order valence-corrected chi connectivity index (χ4v) is 4.91. The summed E-state index contributed by atoms with van der Waals surface area (Å²) in [6, 6.07) is 20.4. The highest BCUT2D eigenvalue weighted by molar-refractivity contribution is 6.33. The Morgan fingerprint density at radius 3 is 2.53 bits per heavy atom. The van der Waals surface area contributed by atoms with Crippen molar-refractivity contribution in [3.63, 3.8) is 0 Å². The first-order chi connectivity index (χ1) is 16.5. The molecule has 0 fully saturated rings. The molecule has 0 saturated carbocycles. The minimum atomic E-state index is -0.312. The van der Waals surface area contributed by atoms with Gasteiger partial charge in [-0.15, -0.1) is 0 Å². The van der Waals surface area contributed by atoms with E-state index in [1.54, 1.807) is 0 Å². The molecule has 3 aromatic carbocycles. The molecule has 0 saturated heterocycles. The highest BCUT2D eigenvalue weighted by Crippen LogP contribution is 2.41. The van der Waals surface area contributed by atoms with E-state index in [4.69, 9.17) is 20.8 Å². The van der Waals surface area contributed by atoms with Gasteiger partial charge in [0.05, 0.1) is 17.1 Å². The monoisotopic (exact) mass is 473 g/mol. The van der Waals surface area contributed by atoms with Crippen molar-refractivity contribution in [1.29, 1.82) is 0 Å². The largest absolute Gasteiger partial charge is 0.471 e. The molecule has 1 aliphatic heterocycles. The van der Waals surface area contributed by atoms with Crippen LogP contribution in [0.3, 0.4) is 0 Å². The number of hydrogen-bond acceptors (Lipinski definition) is 4. The third kappa shape index (κ3) is 4.07. The van der Waals surface area contributed by atoms with Crippen molar-refractivity contribution in [2.75, 3.05) is 11.6 Å². The van der Waals surface area contributed by atoms with Gasteiger partial charge in [0, 0.05) is 23.1 Å². The second kappa shape index (κ2) is 9.19. The van der Waals surface area contributed by atoms with E-state index in [1.165, 1.54) is 5.56 Å². The summed E-state index contributed by atoms with van der Waals surface area (Å²) < 4.78 is 12.0. The van der Waals surface area contributed by atoms with Gasteiger partial charge >= 0.3 is 5.63 Å². The molecule has 0 amide bonds. The molecule has 34 heavy (non-hydrogen) atoms. The Morgan fingerprint density at radius 2 is 1.82 bits per heavy atom. The van der Waals surface area contributed by atoms with Crippen molar-refractivity contribution in [2.45, 2.75) is 46.1 Å². The van der Waals surface area contributed by atoms with E-state index in [2.05, 4.69) is 43.0 Å². The minimum absolute atomic E-state index is 0.312. The maximum atomic E-state index is 13.1. The molecule has 4 nitrogen and oxygen atoms in total. The van der Waals surface area contributed by atoms with Gasteiger partial charge in [0.1, 0.15) is 11.3 Å². The van der Waals surface area contributed by atoms with Crippen LogP contribution in [0, 0.1) is 6.92 Å². The molecule has 0 spiro atoms. The molecular weight excluding hydrogens is 446 g/mol. The Bertz CT molecular complexity index is 1390. The summed E-state index contributed by atoms with van der Waals surface area (Å²) in [4.78, 5) is 15.2. The summed E-state index contributed by atoms with van der Waals surface area (Å²) in [6.07, 6.45) is 1.62. The van der Waals surface area contributed by atoms with Crippen molar-refractivity contribution in [3.8, 4) is 5.75 Å². The van der Waals surface area contributed by atoms with Crippen LogP contribution >= 0.6 is 11.6 Å². The highest BCUT2D eigenvalue weighted by atomic mass is 35.5. The summed E-state index contributed by atoms with van der Waals surface area (Å²) in [5.41, 5.74) is 6.06. The lowest BCUT2D eigenvalue weighted by molar-refractivity contribution is 0.289. The van der Waals surface area contributed by atoms with Crippen LogP contribution < -0.4 is 15.3 Å². The number of rotatable bonds is 5. The maximum absolute atomic E-state index is 13.1. The summed E-state index contributed by atoms with van der Waals surface area (Å²) >= 11 is 6.65. The Hall–Kier alpha value is -3.24. The topological polar surface area (TPSA) is 42.7 Å². The average Bonchev–Trinajstić information content (AvgIpc) is 2.87. The van der Waals surface area contributed by atoms with E-state index in [0.29, 0.717) is 47.5 Å². The standard InChI is InChI=1S/C29H28ClNO3/c1-4-18(2)21-10-12-22(13-11-21)31-16-25-27-23(15-26(30)28(25)33-17-31)19(3)24(29(32)34-27)14-20-8-6-5-7-9-20/h5-13,15,18H,4,14,16-17H2,1-3H3. The Kier molecular flexibility index (Phi) is 6.09. The first-order valence-electron chi connectivity index (χ1n) is 11.8. The molecule has 1 unspecified atom stereocenters. The molecule has 2 heterocycles. The van der Waals surface area contributed by atoms with E-state index in [0.717, 1.165) is 34.2 Å². The van der Waals surface area contributed by atoms with Crippen LogP contribution in [0.25, 0.3) is 11.0 Å². The number of hydrogen-bond donors (Lipinski definition) is 0. The molecule has 4 aromatic rings. The third-order valence-electron chi connectivity index (χ3n) is 6.96.